The Labute approximate surface area is 142 Å². The Balaban J connectivity index is 1.63. The van der Waals surface area contributed by atoms with Gasteiger partial charge in [-0.1, -0.05) is 24.1 Å². The molecule has 9 heteroatoms. The molecule has 2 aromatic heterocycles. The minimum absolute atomic E-state index is 0.000864. The van der Waals surface area contributed by atoms with Crippen LogP contribution in [0.3, 0.4) is 0 Å². The molecule has 0 atom stereocenters. The molecule has 0 amide bonds. The molecule has 9 nitrogen and oxygen atoms in total. The predicted octanol–water partition coefficient (Wildman–Crippen LogP) is 2.56. The zero-order valence-electron chi connectivity index (χ0n) is 13.3. The molecule has 1 aliphatic carbocycles. The number of nitrogens with two attached hydrogens (primary N) is 1. The summed E-state index contributed by atoms with van der Waals surface area (Å²) in [5, 5.41) is 19.3. The van der Waals surface area contributed by atoms with Crippen molar-refractivity contribution in [2.45, 2.75) is 31.2 Å². The third-order valence-electron chi connectivity index (χ3n) is 4.48. The number of non-ortho nitro benzene ring substituents is 1. The van der Waals surface area contributed by atoms with Gasteiger partial charge in [-0.3, -0.25) is 10.1 Å². The molecule has 2 heterocycles. The van der Waals surface area contributed by atoms with Crippen molar-refractivity contribution in [1.29, 1.82) is 0 Å². The summed E-state index contributed by atoms with van der Waals surface area (Å²) < 4.78 is 6.84. The second kappa shape index (κ2) is 5.78. The van der Waals surface area contributed by atoms with E-state index >= 15 is 0 Å². The molecule has 0 aliphatic heterocycles. The first-order chi connectivity index (χ1) is 12.0. The molecule has 2 N–H and O–H groups in total. The second-order valence-corrected chi connectivity index (χ2v) is 6.21. The highest BCUT2D eigenvalue weighted by molar-refractivity contribution is 5.48. The van der Waals surface area contributed by atoms with Crippen molar-refractivity contribution in [1.82, 2.24) is 19.9 Å². The molecule has 25 heavy (non-hydrogen) atoms. The zero-order chi connectivity index (χ0) is 17.4. The Morgan fingerprint density at radius 2 is 2.08 bits per heavy atom. The van der Waals surface area contributed by atoms with Gasteiger partial charge in [0.25, 0.3) is 11.6 Å². The lowest BCUT2D eigenvalue weighted by atomic mass is 9.99. The highest BCUT2D eigenvalue weighted by atomic mass is 16.6. The summed E-state index contributed by atoms with van der Waals surface area (Å²) in [4.78, 5) is 14.9. The molecule has 4 rings (SSSR count). The third-order valence-corrected chi connectivity index (χ3v) is 4.48. The minimum Gasteiger partial charge on any atom is -0.332 e. The molecule has 1 fully saturated rings. The van der Waals surface area contributed by atoms with Crippen LogP contribution >= 0.6 is 0 Å². The molecule has 0 unspecified atom stereocenters. The van der Waals surface area contributed by atoms with Gasteiger partial charge in [0.15, 0.2) is 11.5 Å². The fraction of sp³-hybridized carbons (Fsp3) is 0.312. The van der Waals surface area contributed by atoms with E-state index in [9.17, 15) is 10.1 Å². The maximum Gasteiger partial charge on any atom is 0.278 e. The Kier molecular flexibility index (Phi) is 3.57. The number of rotatable bonds is 4. The van der Waals surface area contributed by atoms with E-state index < -0.39 is 10.5 Å². The molecular weight excluding hydrogens is 324 g/mol. The molecule has 0 saturated heterocycles. The van der Waals surface area contributed by atoms with Crippen LogP contribution in [0.15, 0.2) is 41.1 Å². The van der Waals surface area contributed by atoms with Gasteiger partial charge in [-0.05, 0) is 25.0 Å². The van der Waals surface area contributed by atoms with Gasteiger partial charge in [0.2, 0.25) is 0 Å². The summed E-state index contributed by atoms with van der Waals surface area (Å²) in [5.41, 5.74) is 6.88. The van der Waals surface area contributed by atoms with E-state index in [4.69, 9.17) is 10.3 Å². The highest BCUT2D eigenvalue weighted by Gasteiger charge is 2.36. The Hall–Kier alpha value is -3.07. The van der Waals surface area contributed by atoms with Crippen LogP contribution in [-0.4, -0.2) is 24.8 Å². The number of benzene rings is 1. The fourth-order valence-electron chi connectivity index (χ4n) is 3.09. The molecule has 1 aromatic carbocycles. The Morgan fingerprint density at radius 3 is 2.84 bits per heavy atom. The zero-order valence-corrected chi connectivity index (χ0v) is 13.3. The van der Waals surface area contributed by atoms with E-state index in [2.05, 4.69) is 15.2 Å². The molecular formula is C16H16N6O3. The van der Waals surface area contributed by atoms with Gasteiger partial charge in [-0.2, -0.15) is 10.1 Å². The maximum absolute atomic E-state index is 10.9. The van der Waals surface area contributed by atoms with Gasteiger partial charge in [-0.15, -0.1) is 0 Å². The number of hydrogen-bond donors (Lipinski definition) is 1. The fourth-order valence-corrected chi connectivity index (χ4v) is 3.09. The Bertz CT molecular complexity index is 925. The smallest absolute Gasteiger partial charge is 0.278 e. The number of hydrogen-bond acceptors (Lipinski definition) is 7. The van der Waals surface area contributed by atoms with Crippen molar-refractivity contribution in [2.24, 2.45) is 5.73 Å². The molecule has 3 aromatic rings. The van der Waals surface area contributed by atoms with Crippen molar-refractivity contribution in [3.05, 3.63) is 52.5 Å². The van der Waals surface area contributed by atoms with Crippen LogP contribution in [0.25, 0.3) is 17.3 Å². The summed E-state index contributed by atoms with van der Waals surface area (Å²) in [6.45, 7) is 0. The standard InChI is InChI=1S/C16H16N6O3/c17-16(7-1-2-8-16)15-18-14(25-20-15)13-6-9-21(19-13)11-4-3-5-12(10-11)22(23)24/h3-6,9-10H,1-2,7-8,17H2. The van der Waals surface area contributed by atoms with Crippen molar-refractivity contribution in [3.63, 3.8) is 0 Å². The topological polar surface area (TPSA) is 126 Å². The molecule has 1 saturated carbocycles. The minimum atomic E-state index is -0.523. The lowest BCUT2D eigenvalue weighted by Crippen LogP contribution is -2.34. The van der Waals surface area contributed by atoms with Gasteiger partial charge in [0.05, 0.1) is 16.1 Å². The second-order valence-electron chi connectivity index (χ2n) is 6.21. The van der Waals surface area contributed by atoms with Crippen LogP contribution < -0.4 is 5.73 Å². The lowest BCUT2D eigenvalue weighted by molar-refractivity contribution is -0.384. The van der Waals surface area contributed by atoms with Crippen LogP contribution in [0, 0.1) is 10.1 Å². The van der Waals surface area contributed by atoms with Crippen LogP contribution in [0.4, 0.5) is 5.69 Å². The van der Waals surface area contributed by atoms with E-state index in [1.54, 1.807) is 24.4 Å². The van der Waals surface area contributed by atoms with Gasteiger partial charge in [0, 0.05) is 18.3 Å². The normalized spacial score (nSPS) is 16.2. The predicted molar refractivity (Wildman–Crippen MR) is 87.8 cm³/mol. The molecule has 128 valence electrons. The van der Waals surface area contributed by atoms with Gasteiger partial charge < -0.3 is 10.3 Å². The summed E-state index contributed by atoms with van der Waals surface area (Å²) in [6, 6.07) is 7.94. The number of nitro benzene ring substituents is 1. The average Bonchev–Trinajstić information content (AvgIpc) is 3.35. The summed E-state index contributed by atoms with van der Waals surface area (Å²) in [6.07, 6.45) is 5.48. The van der Waals surface area contributed by atoms with Crippen molar-refractivity contribution in [3.8, 4) is 17.3 Å². The van der Waals surface area contributed by atoms with Crippen molar-refractivity contribution in [2.75, 3.05) is 0 Å². The molecule has 0 bridgehead atoms. The SMILES string of the molecule is NC1(c2noc(-c3ccn(-c4cccc([N+](=O)[O-])c4)n3)n2)CCCC1. The van der Waals surface area contributed by atoms with E-state index in [-0.39, 0.29) is 11.6 Å². The van der Waals surface area contributed by atoms with Crippen LogP contribution in [0.2, 0.25) is 0 Å². The lowest BCUT2D eigenvalue weighted by Gasteiger charge is -2.17. The van der Waals surface area contributed by atoms with Crippen molar-refractivity contribution < 1.29 is 9.45 Å². The molecule has 1 aliphatic rings. The summed E-state index contributed by atoms with van der Waals surface area (Å²) in [5.74, 6) is 0.792. The number of nitro groups is 1. The van der Waals surface area contributed by atoms with E-state index in [0.29, 0.717) is 17.2 Å². The van der Waals surface area contributed by atoms with Gasteiger partial charge in [-0.25, -0.2) is 4.68 Å². The van der Waals surface area contributed by atoms with Crippen LogP contribution in [0.1, 0.15) is 31.5 Å². The summed E-state index contributed by atoms with van der Waals surface area (Å²) in [7, 11) is 0. The quantitative estimate of drug-likeness (QED) is 0.571. The number of aromatic nitrogens is 4. The van der Waals surface area contributed by atoms with E-state index in [1.807, 2.05) is 0 Å². The van der Waals surface area contributed by atoms with Gasteiger partial charge >= 0.3 is 0 Å². The molecule has 0 radical (unpaired) electrons. The highest BCUT2D eigenvalue weighted by Crippen LogP contribution is 2.35. The number of nitrogens with zero attached hydrogens (tertiary/aromatic N) is 5. The van der Waals surface area contributed by atoms with Gasteiger partial charge in [0.1, 0.15) is 0 Å². The summed E-state index contributed by atoms with van der Waals surface area (Å²) >= 11 is 0. The first-order valence-corrected chi connectivity index (χ1v) is 7.99. The van der Waals surface area contributed by atoms with E-state index in [1.165, 1.54) is 16.8 Å². The first-order valence-electron chi connectivity index (χ1n) is 7.99. The molecule has 0 spiro atoms. The first kappa shape index (κ1) is 15.5. The Morgan fingerprint density at radius 1 is 1.28 bits per heavy atom. The monoisotopic (exact) mass is 340 g/mol. The maximum atomic E-state index is 10.9. The largest absolute Gasteiger partial charge is 0.332 e. The van der Waals surface area contributed by atoms with Crippen LogP contribution in [-0.2, 0) is 5.54 Å². The van der Waals surface area contributed by atoms with E-state index in [0.717, 1.165) is 25.7 Å². The van der Waals surface area contributed by atoms with Crippen molar-refractivity contribution >= 4 is 5.69 Å². The average molecular weight is 340 g/mol. The van der Waals surface area contributed by atoms with Crippen LogP contribution in [0.5, 0.6) is 0 Å². The third kappa shape index (κ3) is 2.78.